The van der Waals surface area contributed by atoms with Crippen LogP contribution < -0.4 is 9.47 Å². The van der Waals surface area contributed by atoms with Crippen LogP contribution in [0, 0.1) is 0 Å². The van der Waals surface area contributed by atoms with Gasteiger partial charge in [-0.3, -0.25) is 4.90 Å². The molecule has 2 aromatic rings. The van der Waals surface area contributed by atoms with E-state index in [0.29, 0.717) is 6.04 Å². The van der Waals surface area contributed by atoms with Crippen LogP contribution in [-0.4, -0.2) is 32.2 Å². The van der Waals surface area contributed by atoms with Gasteiger partial charge in [-0.2, -0.15) is 0 Å². The highest BCUT2D eigenvalue weighted by molar-refractivity contribution is 5.83. The summed E-state index contributed by atoms with van der Waals surface area (Å²) in [5.41, 5.74) is 6.82. The lowest BCUT2D eigenvalue weighted by Crippen LogP contribution is -2.38. The van der Waals surface area contributed by atoms with Crippen LogP contribution in [0.5, 0.6) is 11.5 Å². The topological polar surface area (TPSA) is 21.7 Å². The number of nitrogens with zero attached hydrogens (tertiary/aromatic N) is 1. The molecule has 1 heterocycles. The van der Waals surface area contributed by atoms with Crippen molar-refractivity contribution >= 4 is 0 Å². The molecule has 0 radical (unpaired) electrons. The van der Waals surface area contributed by atoms with Gasteiger partial charge < -0.3 is 9.47 Å². The summed E-state index contributed by atoms with van der Waals surface area (Å²) in [6.45, 7) is 4.46. The van der Waals surface area contributed by atoms with Crippen molar-refractivity contribution in [2.75, 3.05) is 27.3 Å². The molecule has 120 valence electrons. The van der Waals surface area contributed by atoms with Crippen LogP contribution in [0.2, 0.25) is 0 Å². The van der Waals surface area contributed by atoms with Crippen molar-refractivity contribution in [2.45, 2.75) is 25.8 Å². The molecule has 0 spiro atoms. The second-order valence-corrected chi connectivity index (χ2v) is 6.32. The molecule has 3 nitrogen and oxygen atoms in total. The van der Waals surface area contributed by atoms with Gasteiger partial charge in [0.15, 0.2) is 11.5 Å². The molecule has 0 amide bonds. The highest BCUT2D eigenvalue weighted by atomic mass is 16.5. The minimum atomic E-state index is 0.452. The maximum Gasteiger partial charge on any atom is 0.168 e. The standard InChI is InChI=1S/C20H23NO2/c1-4-21-10-9-14-12-17(22-2)20(23-3)19-15-8-6-5-7-13(15)11-16(21)18(14)19/h5-8,12,16H,4,9-11H2,1-3H3/t16-/m1/s1. The highest BCUT2D eigenvalue weighted by Gasteiger charge is 2.36. The Morgan fingerprint density at radius 1 is 1.13 bits per heavy atom. The van der Waals surface area contributed by atoms with E-state index in [4.69, 9.17) is 9.47 Å². The lowest BCUT2D eigenvalue weighted by atomic mass is 9.76. The van der Waals surface area contributed by atoms with Crippen LogP contribution in [0.15, 0.2) is 30.3 Å². The SMILES string of the molecule is CCN1CCc2cc(OC)c(OC)c3c2[C@H]1Cc1ccccc1-3. The van der Waals surface area contributed by atoms with Crippen molar-refractivity contribution in [3.05, 3.63) is 47.0 Å². The van der Waals surface area contributed by atoms with Gasteiger partial charge in [0, 0.05) is 18.2 Å². The number of hydrogen-bond donors (Lipinski definition) is 0. The fraction of sp³-hybridized carbons (Fsp3) is 0.400. The molecule has 0 N–H and O–H groups in total. The van der Waals surface area contributed by atoms with Gasteiger partial charge in [-0.05, 0) is 47.7 Å². The number of benzene rings is 2. The number of fused-ring (bicyclic) bond motifs is 2. The van der Waals surface area contributed by atoms with Crippen LogP contribution in [0.3, 0.4) is 0 Å². The molecule has 2 aromatic carbocycles. The third-order valence-corrected chi connectivity index (χ3v) is 5.34. The molecule has 1 aliphatic carbocycles. The summed E-state index contributed by atoms with van der Waals surface area (Å²) in [7, 11) is 3.47. The van der Waals surface area contributed by atoms with Crippen LogP contribution in [0.25, 0.3) is 11.1 Å². The second kappa shape index (κ2) is 5.57. The van der Waals surface area contributed by atoms with Crippen molar-refractivity contribution in [1.82, 2.24) is 4.90 Å². The van der Waals surface area contributed by atoms with Gasteiger partial charge in [-0.1, -0.05) is 31.2 Å². The fourth-order valence-electron chi connectivity index (χ4n) is 4.28. The molecular weight excluding hydrogens is 286 g/mol. The van der Waals surface area contributed by atoms with Gasteiger partial charge in [0.25, 0.3) is 0 Å². The van der Waals surface area contributed by atoms with E-state index in [0.717, 1.165) is 37.4 Å². The summed E-state index contributed by atoms with van der Waals surface area (Å²) in [5.74, 6) is 1.73. The van der Waals surface area contributed by atoms with E-state index in [1.165, 1.54) is 27.8 Å². The lowest BCUT2D eigenvalue weighted by Gasteiger charge is -2.42. The normalized spacial score (nSPS) is 19.0. The van der Waals surface area contributed by atoms with Gasteiger partial charge in [0.1, 0.15) is 0 Å². The summed E-state index contributed by atoms with van der Waals surface area (Å²) < 4.78 is 11.4. The second-order valence-electron chi connectivity index (χ2n) is 6.32. The van der Waals surface area contributed by atoms with Crippen LogP contribution in [-0.2, 0) is 12.8 Å². The van der Waals surface area contributed by atoms with E-state index >= 15 is 0 Å². The molecule has 1 aliphatic heterocycles. The first-order valence-corrected chi connectivity index (χ1v) is 8.38. The average molecular weight is 309 g/mol. The van der Waals surface area contributed by atoms with Crippen LogP contribution in [0.4, 0.5) is 0 Å². The van der Waals surface area contributed by atoms with E-state index in [2.05, 4.69) is 42.2 Å². The summed E-state index contributed by atoms with van der Waals surface area (Å²) in [6, 6.07) is 11.4. The minimum absolute atomic E-state index is 0.452. The van der Waals surface area contributed by atoms with Crippen LogP contribution in [0.1, 0.15) is 29.7 Å². The number of likely N-dealkylation sites (N-methyl/N-ethyl adjacent to an activating group) is 1. The van der Waals surface area contributed by atoms with Crippen molar-refractivity contribution in [2.24, 2.45) is 0 Å². The number of rotatable bonds is 3. The quantitative estimate of drug-likeness (QED) is 0.859. The number of ether oxygens (including phenoxy) is 2. The number of hydrogen-bond acceptors (Lipinski definition) is 3. The molecule has 0 saturated heterocycles. The summed E-state index contributed by atoms with van der Waals surface area (Å²) in [4.78, 5) is 2.59. The van der Waals surface area contributed by atoms with Gasteiger partial charge >= 0.3 is 0 Å². The Morgan fingerprint density at radius 2 is 1.96 bits per heavy atom. The Kier molecular flexibility index (Phi) is 3.53. The predicted molar refractivity (Wildman–Crippen MR) is 92.4 cm³/mol. The largest absolute Gasteiger partial charge is 0.493 e. The zero-order valence-corrected chi connectivity index (χ0v) is 14.1. The van der Waals surface area contributed by atoms with E-state index in [9.17, 15) is 0 Å². The zero-order chi connectivity index (χ0) is 16.0. The Morgan fingerprint density at radius 3 is 2.70 bits per heavy atom. The average Bonchev–Trinajstić information content (AvgIpc) is 2.61. The first-order chi connectivity index (χ1) is 11.3. The van der Waals surface area contributed by atoms with Gasteiger partial charge in [-0.15, -0.1) is 0 Å². The zero-order valence-electron chi connectivity index (χ0n) is 14.1. The first-order valence-electron chi connectivity index (χ1n) is 8.38. The Bertz CT molecular complexity index is 754. The first kappa shape index (κ1) is 14.6. The molecule has 1 atom stereocenters. The summed E-state index contributed by atoms with van der Waals surface area (Å²) in [6.07, 6.45) is 2.16. The molecule has 3 heteroatoms. The van der Waals surface area contributed by atoms with Gasteiger partial charge in [-0.25, -0.2) is 0 Å². The molecule has 2 aliphatic rings. The molecule has 4 rings (SSSR count). The summed E-state index contributed by atoms with van der Waals surface area (Å²) in [5, 5.41) is 0. The predicted octanol–water partition coefficient (Wildman–Crippen LogP) is 3.85. The van der Waals surface area contributed by atoms with Crippen molar-refractivity contribution < 1.29 is 9.47 Å². The molecule has 0 aromatic heterocycles. The van der Waals surface area contributed by atoms with Gasteiger partial charge in [0.05, 0.1) is 14.2 Å². The highest BCUT2D eigenvalue weighted by Crippen LogP contribution is 2.52. The Balaban J connectivity index is 2.06. The smallest absolute Gasteiger partial charge is 0.168 e. The fourth-order valence-corrected chi connectivity index (χ4v) is 4.28. The van der Waals surface area contributed by atoms with E-state index in [-0.39, 0.29) is 0 Å². The maximum atomic E-state index is 5.79. The third kappa shape index (κ3) is 2.07. The monoisotopic (exact) mass is 309 g/mol. The van der Waals surface area contributed by atoms with Crippen molar-refractivity contribution in [1.29, 1.82) is 0 Å². The number of methoxy groups -OCH3 is 2. The van der Waals surface area contributed by atoms with E-state index in [1.54, 1.807) is 14.2 Å². The Hall–Kier alpha value is -2.00. The molecule has 0 fully saturated rings. The van der Waals surface area contributed by atoms with Crippen molar-refractivity contribution in [3.63, 3.8) is 0 Å². The molecule has 0 bridgehead atoms. The maximum absolute atomic E-state index is 5.79. The Labute approximate surface area is 137 Å². The minimum Gasteiger partial charge on any atom is -0.493 e. The molecule has 0 unspecified atom stereocenters. The third-order valence-electron chi connectivity index (χ3n) is 5.34. The lowest BCUT2D eigenvalue weighted by molar-refractivity contribution is 0.192. The van der Waals surface area contributed by atoms with Crippen LogP contribution >= 0.6 is 0 Å². The molecule has 0 saturated carbocycles. The van der Waals surface area contributed by atoms with Gasteiger partial charge in [0.2, 0.25) is 0 Å². The van der Waals surface area contributed by atoms with Crippen molar-refractivity contribution in [3.8, 4) is 22.6 Å². The van der Waals surface area contributed by atoms with E-state index < -0.39 is 0 Å². The molecule has 23 heavy (non-hydrogen) atoms. The molecular formula is C20H23NO2. The van der Waals surface area contributed by atoms with E-state index in [1.807, 2.05) is 0 Å². The summed E-state index contributed by atoms with van der Waals surface area (Å²) >= 11 is 0.